The number of methoxy groups -OCH3 is 1. The summed E-state index contributed by atoms with van der Waals surface area (Å²) in [5.74, 6) is 0.976. The molecule has 1 N–H and O–H groups in total. The van der Waals surface area contributed by atoms with Crippen LogP contribution in [0.5, 0.6) is 0 Å². The van der Waals surface area contributed by atoms with Gasteiger partial charge in [-0.05, 0) is 28.1 Å². The molecule has 1 heterocycles. The summed E-state index contributed by atoms with van der Waals surface area (Å²) in [5, 5.41) is 3.15. The van der Waals surface area contributed by atoms with Crippen LogP contribution in [-0.2, 0) is 14.3 Å². The highest BCUT2D eigenvalue weighted by Crippen LogP contribution is 2.37. The molecule has 0 bridgehead atoms. The van der Waals surface area contributed by atoms with Crippen molar-refractivity contribution in [1.82, 2.24) is 5.32 Å². The predicted molar refractivity (Wildman–Crippen MR) is 67.3 cm³/mol. The summed E-state index contributed by atoms with van der Waals surface area (Å²) in [6.45, 7) is 1.10. The van der Waals surface area contributed by atoms with Crippen molar-refractivity contribution >= 4 is 22.2 Å². The van der Waals surface area contributed by atoms with Gasteiger partial charge in [0.05, 0.1) is 17.0 Å². The van der Waals surface area contributed by atoms with Crippen molar-refractivity contribution in [2.75, 3.05) is 20.3 Å². The van der Waals surface area contributed by atoms with Gasteiger partial charge in [-0.2, -0.15) is 0 Å². The Balaban J connectivity index is 2.02. The topological polar surface area (TPSA) is 47.6 Å². The maximum atomic E-state index is 11.0. The van der Waals surface area contributed by atoms with Gasteiger partial charge in [0.15, 0.2) is 0 Å². The SMILES string of the molecule is COCCOC1=CC=C2NC(Br)=C(C=O)C2C1. The van der Waals surface area contributed by atoms with Gasteiger partial charge in [0.2, 0.25) is 0 Å². The minimum absolute atomic E-state index is 0.0874. The third-order valence-electron chi connectivity index (χ3n) is 2.81. The normalized spacial score (nSPS) is 22.6. The number of allylic oxidation sites excluding steroid dienone is 4. The molecule has 0 amide bonds. The van der Waals surface area contributed by atoms with Gasteiger partial charge in [-0.1, -0.05) is 0 Å². The smallest absolute Gasteiger partial charge is 0.149 e. The third-order valence-corrected chi connectivity index (χ3v) is 3.47. The van der Waals surface area contributed by atoms with E-state index in [0.29, 0.717) is 19.6 Å². The van der Waals surface area contributed by atoms with E-state index in [1.165, 1.54) is 0 Å². The lowest BCUT2D eigenvalue weighted by Gasteiger charge is -2.19. The molecule has 2 rings (SSSR count). The monoisotopic (exact) mass is 299 g/mol. The molecule has 0 aromatic carbocycles. The highest BCUT2D eigenvalue weighted by Gasteiger charge is 2.31. The quantitative estimate of drug-likeness (QED) is 0.478. The predicted octanol–water partition coefficient (Wildman–Crippen LogP) is 1.85. The van der Waals surface area contributed by atoms with Gasteiger partial charge in [0.1, 0.15) is 12.9 Å². The summed E-state index contributed by atoms with van der Waals surface area (Å²) < 4.78 is 11.3. The molecule has 0 fully saturated rings. The minimum Gasteiger partial charge on any atom is -0.496 e. The number of aldehydes is 1. The van der Waals surface area contributed by atoms with Crippen molar-refractivity contribution in [3.63, 3.8) is 0 Å². The van der Waals surface area contributed by atoms with Gasteiger partial charge in [-0.15, -0.1) is 0 Å². The van der Waals surface area contributed by atoms with Crippen molar-refractivity contribution in [2.24, 2.45) is 5.92 Å². The van der Waals surface area contributed by atoms with E-state index in [1.54, 1.807) is 7.11 Å². The second-order valence-corrected chi connectivity index (χ2v) is 4.66. The molecule has 0 saturated carbocycles. The fraction of sp³-hybridized carbons (Fsp3) is 0.417. The van der Waals surface area contributed by atoms with Gasteiger partial charge in [0, 0.05) is 30.7 Å². The molecule has 1 unspecified atom stereocenters. The maximum Gasteiger partial charge on any atom is 0.149 e. The maximum absolute atomic E-state index is 11.0. The lowest BCUT2D eigenvalue weighted by molar-refractivity contribution is -0.105. The molecule has 2 aliphatic rings. The van der Waals surface area contributed by atoms with Crippen LogP contribution >= 0.6 is 15.9 Å². The number of ether oxygens (including phenoxy) is 2. The number of fused-ring (bicyclic) bond motifs is 1. The summed E-state index contributed by atoms with van der Waals surface area (Å²) in [7, 11) is 1.64. The second kappa shape index (κ2) is 5.51. The van der Waals surface area contributed by atoms with Crippen molar-refractivity contribution in [1.29, 1.82) is 0 Å². The molecule has 0 radical (unpaired) electrons. The van der Waals surface area contributed by atoms with Crippen LogP contribution < -0.4 is 5.32 Å². The Kier molecular flexibility index (Phi) is 4.02. The van der Waals surface area contributed by atoms with Crippen LogP contribution in [0.3, 0.4) is 0 Å². The van der Waals surface area contributed by atoms with E-state index >= 15 is 0 Å². The first-order chi connectivity index (χ1) is 8.26. The first-order valence-electron chi connectivity index (χ1n) is 5.40. The molecular weight excluding hydrogens is 286 g/mol. The van der Waals surface area contributed by atoms with Crippen LogP contribution in [0, 0.1) is 5.92 Å². The van der Waals surface area contributed by atoms with Crippen molar-refractivity contribution in [3.8, 4) is 0 Å². The molecule has 0 aromatic heterocycles. The van der Waals surface area contributed by atoms with E-state index in [0.717, 1.165) is 27.9 Å². The van der Waals surface area contributed by atoms with E-state index < -0.39 is 0 Å². The van der Waals surface area contributed by atoms with E-state index in [1.807, 2.05) is 12.2 Å². The standard InChI is InChI=1S/C12H14BrNO3/c1-16-4-5-17-8-2-3-11-9(6-8)10(7-15)12(13)14-11/h2-3,7,9,14H,4-6H2,1H3. The molecule has 92 valence electrons. The third kappa shape index (κ3) is 2.61. The number of carbonyl (C=O) groups excluding carboxylic acids is 1. The molecule has 5 heteroatoms. The Morgan fingerprint density at radius 3 is 3.06 bits per heavy atom. The van der Waals surface area contributed by atoms with Gasteiger partial charge < -0.3 is 14.8 Å². The number of nitrogens with one attached hydrogen (secondary N) is 1. The van der Waals surface area contributed by atoms with Crippen molar-refractivity contribution in [3.05, 3.63) is 33.8 Å². The van der Waals surface area contributed by atoms with Crippen LogP contribution in [-0.4, -0.2) is 26.6 Å². The largest absolute Gasteiger partial charge is 0.496 e. The van der Waals surface area contributed by atoms with Crippen LogP contribution in [0.1, 0.15) is 6.42 Å². The minimum atomic E-state index is 0.0874. The van der Waals surface area contributed by atoms with Crippen molar-refractivity contribution < 1.29 is 14.3 Å². The van der Waals surface area contributed by atoms with Crippen LogP contribution in [0.25, 0.3) is 0 Å². The average molecular weight is 300 g/mol. The Bertz CT molecular complexity index is 412. The summed E-state index contributed by atoms with van der Waals surface area (Å²) in [6, 6.07) is 0. The van der Waals surface area contributed by atoms with Crippen molar-refractivity contribution in [2.45, 2.75) is 6.42 Å². The van der Waals surface area contributed by atoms with Gasteiger partial charge in [-0.25, -0.2) is 0 Å². The molecule has 0 spiro atoms. The Hall–Kier alpha value is -1.07. The number of halogens is 1. The number of rotatable bonds is 5. The van der Waals surface area contributed by atoms with E-state index in [2.05, 4.69) is 21.2 Å². The zero-order valence-electron chi connectivity index (χ0n) is 9.53. The van der Waals surface area contributed by atoms with E-state index in [-0.39, 0.29) is 5.92 Å². The van der Waals surface area contributed by atoms with E-state index in [4.69, 9.17) is 9.47 Å². The summed E-state index contributed by atoms with van der Waals surface area (Å²) >= 11 is 3.35. The highest BCUT2D eigenvalue weighted by molar-refractivity contribution is 9.11. The lowest BCUT2D eigenvalue weighted by Crippen LogP contribution is -2.15. The summed E-state index contributed by atoms with van der Waals surface area (Å²) in [5.41, 5.74) is 1.79. The zero-order valence-corrected chi connectivity index (χ0v) is 11.1. The number of hydrogen-bond acceptors (Lipinski definition) is 4. The zero-order chi connectivity index (χ0) is 12.3. The first-order valence-corrected chi connectivity index (χ1v) is 6.20. The van der Waals surface area contributed by atoms with Gasteiger partial charge in [0.25, 0.3) is 0 Å². The first kappa shape index (κ1) is 12.4. The molecule has 0 aromatic rings. The van der Waals surface area contributed by atoms with Crippen LogP contribution in [0.15, 0.2) is 33.8 Å². The molecule has 0 saturated heterocycles. The second-order valence-electron chi connectivity index (χ2n) is 3.87. The molecule has 17 heavy (non-hydrogen) atoms. The summed E-state index contributed by atoms with van der Waals surface area (Å²) in [4.78, 5) is 11.0. The van der Waals surface area contributed by atoms with Crippen LogP contribution in [0.2, 0.25) is 0 Å². The average Bonchev–Trinajstić information content (AvgIpc) is 2.64. The molecule has 1 atom stereocenters. The fourth-order valence-corrected chi connectivity index (χ4v) is 2.53. The molecule has 1 aliphatic heterocycles. The number of carbonyl (C=O) groups is 1. The Morgan fingerprint density at radius 1 is 1.53 bits per heavy atom. The molecule has 1 aliphatic carbocycles. The molecule has 4 nitrogen and oxygen atoms in total. The summed E-state index contributed by atoms with van der Waals surface area (Å²) in [6.07, 6.45) is 5.49. The Labute approximate surface area is 108 Å². The lowest BCUT2D eigenvalue weighted by atomic mass is 9.92. The number of hydrogen-bond donors (Lipinski definition) is 1. The fourth-order valence-electron chi connectivity index (χ4n) is 1.93. The Morgan fingerprint density at radius 2 is 2.35 bits per heavy atom. The highest BCUT2D eigenvalue weighted by atomic mass is 79.9. The van der Waals surface area contributed by atoms with E-state index in [9.17, 15) is 4.79 Å². The van der Waals surface area contributed by atoms with Crippen LogP contribution in [0.4, 0.5) is 0 Å². The molecular formula is C12H14BrNO3. The van der Waals surface area contributed by atoms with Gasteiger partial charge >= 0.3 is 0 Å². The van der Waals surface area contributed by atoms with Gasteiger partial charge in [-0.3, -0.25) is 4.79 Å².